The fourth-order valence-corrected chi connectivity index (χ4v) is 2.63. The van der Waals surface area contributed by atoms with E-state index in [2.05, 4.69) is 20.6 Å². The van der Waals surface area contributed by atoms with Gasteiger partial charge in [0.25, 0.3) is 5.69 Å². The average molecular weight is 353 g/mol. The molecule has 0 aliphatic heterocycles. The highest BCUT2D eigenvalue weighted by Gasteiger charge is 2.11. The lowest BCUT2D eigenvalue weighted by molar-refractivity contribution is -0.384. The van der Waals surface area contributed by atoms with E-state index >= 15 is 0 Å². The number of carbonyl (C=O) groups is 1. The second-order valence-electron chi connectivity index (χ2n) is 5.75. The number of H-pyrrole nitrogens is 1. The number of hydrogen-bond acceptors (Lipinski definition) is 5. The molecular formula is C18H19N5O3. The number of imidazole rings is 1. The smallest absolute Gasteiger partial charge is 0.292 e. The van der Waals surface area contributed by atoms with E-state index in [4.69, 9.17) is 0 Å². The van der Waals surface area contributed by atoms with Gasteiger partial charge in [-0.1, -0.05) is 24.3 Å². The van der Waals surface area contributed by atoms with E-state index in [9.17, 15) is 14.9 Å². The Morgan fingerprint density at radius 2 is 1.88 bits per heavy atom. The highest BCUT2D eigenvalue weighted by molar-refractivity contribution is 5.77. The van der Waals surface area contributed by atoms with Crippen LogP contribution in [-0.4, -0.2) is 33.9 Å². The van der Waals surface area contributed by atoms with Gasteiger partial charge in [-0.25, -0.2) is 4.98 Å². The molecule has 0 atom stereocenters. The van der Waals surface area contributed by atoms with E-state index < -0.39 is 4.92 Å². The van der Waals surface area contributed by atoms with Gasteiger partial charge in [-0.05, 0) is 18.2 Å². The van der Waals surface area contributed by atoms with Gasteiger partial charge in [-0.3, -0.25) is 14.9 Å². The zero-order chi connectivity index (χ0) is 18.4. The molecule has 134 valence electrons. The van der Waals surface area contributed by atoms with Crippen molar-refractivity contribution < 1.29 is 9.72 Å². The number of benzene rings is 2. The first-order chi connectivity index (χ1) is 12.6. The van der Waals surface area contributed by atoms with Crippen LogP contribution >= 0.6 is 0 Å². The zero-order valence-corrected chi connectivity index (χ0v) is 14.1. The van der Waals surface area contributed by atoms with Gasteiger partial charge in [0.05, 0.1) is 16.0 Å². The Morgan fingerprint density at radius 1 is 1.12 bits per heavy atom. The molecule has 0 saturated carbocycles. The fraction of sp³-hybridized carbons (Fsp3) is 0.222. The molecule has 0 bridgehead atoms. The maximum Gasteiger partial charge on any atom is 0.292 e. The van der Waals surface area contributed by atoms with Crippen molar-refractivity contribution in [3.8, 4) is 0 Å². The number of nitrogens with zero attached hydrogens (tertiary/aromatic N) is 2. The summed E-state index contributed by atoms with van der Waals surface area (Å²) in [6.07, 6.45) is 0.851. The number of fused-ring (bicyclic) bond motifs is 1. The van der Waals surface area contributed by atoms with E-state index in [0.717, 1.165) is 16.9 Å². The molecule has 0 saturated heterocycles. The Labute approximate surface area is 149 Å². The molecular weight excluding hydrogens is 334 g/mol. The lowest BCUT2D eigenvalue weighted by Crippen LogP contribution is -2.29. The molecule has 0 aliphatic rings. The standard InChI is InChI=1S/C18H19N5O3/c24-18(10-9-17-21-13-5-1-2-6-14(13)22-17)20-12-11-19-15-7-3-4-8-16(15)23(25)26/h1-8,19H,9-12H2,(H,20,24)(H,21,22). The summed E-state index contributed by atoms with van der Waals surface area (Å²) in [7, 11) is 0. The maximum absolute atomic E-state index is 11.9. The third-order valence-electron chi connectivity index (χ3n) is 3.89. The van der Waals surface area contributed by atoms with Crippen LogP contribution < -0.4 is 10.6 Å². The van der Waals surface area contributed by atoms with E-state index in [1.807, 2.05) is 24.3 Å². The Hall–Kier alpha value is -3.42. The molecule has 0 spiro atoms. The van der Waals surface area contributed by atoms with Gasteiger partial charge < -0.3 is 15.6 Å². The summed E-state index contributed by atoms with van der Waals surface area (Å²) in [5.41, 5.74) is 2.30. The van der Waals surface area contributed by atoms with E-state index in [0.29, 0.717) is 31.6 Å². The van der Waals surface area contributed by atoms with Crippen LogP contribution in [0.15, 0.2) is 48.5 Å². The number of aryl methyl sites for hydroxylation is 1. The van der Waals surface area contributed by atoms with Crippen molar-refractivity contribution in [1.82, 2.24) is 15.3 Å². The predicted octanol–water partition coefficient (Wildman–Crippen LogP) is 2.63. The van der Waals surface area contributed by atoms with E-state index in [1.165, 1.54) is 6.07 Å². The number of nitro groups is 1. The molecule has 0 radical (unpaired) electrons. The molecule has 1 amide bonds. The van der Waals surface area contributed by atoms with Crippen molar-refractivity contribution in [2.45, 2.75) is 12.8 Å². The number of carbonyl (C=O) groups excluding carboxylic acids is 1. The normalized spacial score (nSPS) is 10.6. The number of para-hydroxylation sites is 4. The number of aromatic nitrogens is 2. The van der Waals surface area contributed by atoms with Crippen molar-refractivity contribution in [3.05, 3.63) is 64.5 Å². The number of rotatable bonds is 8. The summed E-state index contributed by atoms with van der Waals surface area (Å²) in [6.45, 7) is 0.784. The molecule has 0 unspecified atom stereocenters. The van der Waals surface area contributed by atoms with E-state index in [1.54, 1.807) is 18.2 Å². The summed E-state index contributed by atoms with van der Waals surface area (Å²) >= 11 is 0. The van der Waals surface area contributed by atoms with Crippen LogP contribution in [0.1, 0.15) is 12.2 Å². The van der Waals surface area contributed by atoms with Crippen molar-refractivity contribution >= 4 is 28.3 Å². The molecule has 2 aromatic carbocycles. The molecule has 3 rings (SSSR count). The first-order valence-electron chi connectivity index (χ1n) is 8.31. The number of nitro benzene ring substituents is 1. The minimum atomic E-state index is -0.436. The highest BCUT2D eigenvalue weighted by atomic mass is 16.6. The summed E-state index contributed by atoms with van der Waals surface area (Å²) in [4.78, 5) is 30.1. The molecule has 0 fully saturated rings. The monoisotopic (exact) mass is 353 g/mol. The Morgan fingerprint density at radius 3 is 2.69 bits per heavy atom. The second-order valence-corrected chi connectivity index (χ2v) is 5.75. The first kappa shape index (κ1) is 17.4. The first-order valence-corrected chi connectivity index (χ1v) is 8.31. The number of anilines is 1. The van der Waals surface area contributed by atoms with Crippen molar-refractivity contribution in [1.29, 1.82) is 0 Å². The van der Waals surface area contributed by atoms with Gasteiger partial charge in [0.1, 0.15) is 11.5 Å². The Bertz CT molecular complexity index is 889. The largest absolute Gasteiger partial charge is 0.378 e. The van der Waals surface area contributed by atoms with Crippen molar-refractivity contribution in [2.75, 3.05) is 18.4 Å². The number of aromatic amines is 1. The van der Waals surface area contributed by atoms with Gasteiger partial charge in [-0.2, -0.15) is 0 Å². The van der Waals surface area contributed by atoms with Crippen molar-refractivity contribution in [2.24, 2.45) is 0 Å². The number of hydrogen-bond donors (Lipinski definition) is 3. The topological polar surface area (TPSA) is 113 Å². The third-order valence-corrected chi connectivity index (χ3v) is 3.89. The minimum Gasteiger partial charge on any atom is -0.378 e. The maximum atomic E-state index is 11.9. The molecule has 3 aromatic rings. The SMILES string of the molecule is O=C(CCc1nc2ccccc2[nH]1)NCCNc1ccccc1[N+](=O)[O-]. The Kier molecular flexibility index (Phi) is 5.43. The zero-order valence-electron chi connectivity index (χ0n) is 14.1. The molecule has 1 heterocycles. The molecule has 0 aliphatic carbocycles. The third kappa shape index (κ3) is 4.35. The van der Waals surface area contributed by atoms with Gasteiger partial charge in [0.2, 0.25) is 5.91 Å². The van der Waals surface area contributed by atoms with Crippen LogP contribution in [0.3, 0.4) is 0 Å². The summed E-state index contributed by atoms with van der Waals surface area (Å²) in [6, 6.07) is 14.1. The lowest BCUT2D eigenvalue weighted by atomic mass is 10.2. The van der Waals surface area contributed by atoms with Crippen LogP contribution in [0.25, 0.3) is 11.0 Å². The van der Waals surface area contributed by atoms with Gasteiger partial charge >= 0.3 is 0 Å². The summed E-state index contributed by atoms with van der Waals surface area (Å²) in [5.74, 6) is 0.689. The molecule has 26 heavy (non-hydrogen) atoms. The highest BCUT2D eigenvalue weighted by Crippen LogP contribution is 2.22. The van der Waals surface area contributed by atoms with Gasteiger partial charge in [0, 0.05) is 32.0 Å². The number of amides is 1. The fourth-order valence-electron chi connectivity index (χ4n) is 2.63. The van der Waals surface area contributed by atoms with Crippen LogP contribution in [-0.2, 0) is 11.2 Å². The molecule has 3 N–H and O–H groups in total. The molecule has 8 heteroatoms. The van der Waals surface area contributed by atoms with Gasteiger partial charge in [0.15, 0.2) is 0 Å². The van der Waals surface area contributed by atoms with Gasteiger partial charge in [-0.15, -0.1) is 0 Å². The minimum absolute atomic E-state index is 0.0173. The van der Waals surface area contributed by atoms with Crippen LogP contribution in [0.2, 0.25) is 0 Å². The number of nitrogens with one attached hydrogen (secondary N) is 3. The summed E-state index contributed by atoms with van der Waals surface area (Å²) in [5, 5.41) is 16.7. The molecule has 1 aromatic heterocycles. The van der Waals surface area contributed by atoms with Crippen LogP contribution in [0.4, 0.5) is 11.4 Å². The lowest BCUT2D eigenvalue weighted by Gasteiger charge is -2.08. The Balaban J connectivity index is 1.41. The van der Waals surface area contributed by atoms with E-state index in [-0.39, 0.29) is 11.6 Å². The second kappa shape index (κ2) is 8.11. The predicted molar refractivity (Wildman–Crippen MR) is 99.0 cm³/mol. The summed E-state index contributed by atoms with van der Waals surface area (Å²) < 4.78 is 0. The van der Waals surface area contributed by atoms with Crippen LogP contribution in [0.5, 0.6) is 0 Å². The van der Waals surface area contributed by atoms with Crippen LogP contribution in [0, 0.1) is 10.1 Å². The van der Waals surface area contributed by atoms with Crippen molar-refractivity contribution in [3.63, 3.8) is 0 Å². The molecule has 8 nitrogen and oxygen atoms in total. The average Bonchev–Trinajstić information content (AvgIpc) is 3.07. The quantitative estimate of drug-likeness (QED) is 0.327.